The summed E-state index contributed by atoms with van der Waals surface area (Å²) in [6.07, 6.45) is -2.82. The van der Waals surface area contributed by atoms with Gasteiger partial charge in [0.15, 0.2) is 0 Å². The van der Waals surface area contributed by atoms with Crippen LogP contribution >= 0.6 is 0 Å². The van der Waals surface area contributed by atoms with Crippen molar-refractivity contribution in [3.8, 4) is 0 Å². The molecule has 1 aromatic rings. The third kappa shape index (κ3) is 3.13. The fourth-order valence-corrected chi connectivity index (χ4v) is 0.918. The minimum absolute atomic E-state index is 0.189. The lowest BCUT2D eigenvalue weighted by Crippen LogP contribution is -2.41. The molecule has 1 amide bonds. The van der Waals surface area contributed by atoms with Gasteiger partial charge >= 0.3 is 18.3 Å². The molecule has 0 spiro atoms. The summed E-state index contributed by atoms with van der Waals surface area (Å²) >= 11 is 0. The van der Waals surface area contributed by atoms with E-state index in [0.29, 0.717) is 5.56 Å². The first kappa shape index (κ1) is 13.4. The molecule has 0 aromatic carbocycles. The van der Waals surface area contributed by atoms with Crippen molar-refractivity contribution in [1.82, 2.24) is 4.98 Å². The summed E-state index contributed by atoms with van der Waals surface area (Å²) in [5.41, 5.74) is 5.88. The molecule has 0 fully saturated rings. The van der Waals surface area contributed by atoms with Gasteiger partial charge in [0.05, 0.1) is 0 Å². The van der Waals surface area contributed by atoms with E-state index in [1.54, 1.807) is 5.32 Å². The lowest BCUT2D eigenvalue weighted by atomic mass is 10.3. The first-order valence-corrected chi connectivity index (χ1v) is 4.50. The van der Waals surface area contributed by atoms with E-state index in [0.717, 1.165) is 0 Å². The zero-order valence-corrected chi connectivity index (χ0v) is 8.46. The molecular weight excluding hydrogens is 242 g/mol. The van der Waals surface area contributed by atoms with Crippen molar-refractivity contribution in [3.63, 3.8) is 0 Å². The summed E-state index contributed by atoms with van der Waals surface area (Å²) in [5.74, 6) is -7.08. The minimum Gasteiger partial charge on any atom is -0.326 e. The lowest BCUT2D eigenvalue weighted by Gasteiger charge is -2.14. The Morgan fingerprint density at radius 1 is 1.47 bits per heavy atom. The molecule has 0 aliphatic heterocycles. The van der Waals surface area contributed by atoms with E-state index in [4.69, 9.17) is 5.73 Å². The highest BCUT2D eigenvalue weighted by Gasteiger charge is 2.49. The molecule has 0 atom stereocenters. The molecule has 8 heteroatoms. The number of pyridine rings is 1. The van der Waals surface area contributed by atoms with Crippen LogP contribution in [0.4, 0.5) is 23.4 Å². The number of anilines is 1. The van der Waals surface area contributed by atoms with Crippen molar-refractivity contribution in [1.29, 1.82) is 0 Å². The Kier molecular flexibility index (Phi) is 4.00. The normalized spacial score (nSPS) is 11.6. The quantitative estimate of drug-likeness (QED) is 0.794. The van der Waals surface area contributed by atoms with Gasteiger partial charge in [-0.15, -0.1) is 0 Å². The molecule has 3 N–H and O–H groups in total. The maximum absolute atomic E-state index is 12.6. The van der Waals surface area contributed by atoms with Gasteiger partial charge in [-0.1, -0.05) is 6.07 Å². The highest BCUT2D eigenvalue weighted by molar-refractivity contribution is 5.95. The van der Waals surface area contributed by atoms with Crippen molar-refractivity contribution < 1.29 is 22.4 Å². The molecule has 4 nitrogen and oxygen atoms in total. The van der Waals surface area contributed by atoms with Crippen LogP contribution in [0.5, 0.6) is 0 Å². The molecule has 0 radical (unpaired) electrons. The Balaban J connectivity index is 2.74. The monoisotopic (exact) mass is 251 g/mol. The Bertz CT molecular complexity index is 394. The SMILES string of the molecule is NCc1ccc(NC(=O)C(F)(F)C(F)F)nc1. The van der Waals surface area contributed by atoms with Crippen LogP contribution in [-0.4, -0.2) is 23.2 Å². The average Bonchev–Trinajstić information content (AvgIpc) is 2.29. The molecule has 1 rings (SSSR count). The fraction of sp³-hybridized carbons (Fsp3) is 0.333. The minimum atomic E-state index is -4.74. The fourth-order valence-electron chi connectivity index (χ4n) is 0.918. The summed E-state index contributed by atoms with van der Waals surface area (Å²) in [6.45, 7) is 0.189. The molecule has 0 aliphatic rings. The highest BCUT2D eigenvalue weighted by Crippen LogP contribution is 2.24. The molecular formula is C9H9F4N3O. The van der Waals surface area contributed by atoms with Gasteiger partial charge in [-0.25, -0.2) is 13.8 Å². The van der Waals surface area contributed by atoms with Crippen molar-refractivity contribution in [2.75, 3.05) is 5.32 Å². The van der Waals surface area contributed by atoms with Crippen LogP contribution in [0.15, 0.2) is 18.3 Å². The Labute approximate surface area is 93.8 Å². The summed E-state index contributed by atoms with van der Waals surface area (Å²) < 4.78 is 48.8. The Hall–Kier alpha value is -1.70. The number of nitrogens with one attached hydrogen (secondary N) is 1. The second-order valence-corrected chi connectivity index (χ2v) is 3.13. The van der Waals surface area contributed by atoms with Gasteiger partial charge in [0.25, 0.3) is 0 Å². The largest absolute Gasteiger partial charge is 0.383 e. The van der Waals surface area contributed by atoms with Gasteiger partial charge in [0.1, 0.15) is 5.82 Å². The van der Waals surface area contributed by atoms with Gasteiger partial charge in [-0.2, -0.15) is 8.78 Å². The lowest BCUT2D eigenvalue weighted by molar-refractivity contribution is -0.163. The van der Waals surface area contributed by atoms with Crippen LogP contribution in [0.3, 0.4) is 0 Å². The van der Waals surface area contributed by atoms with Crippen molar-refractivity contribution in [2.24, 2.45) is 5.73 Å². The van der Waals surface area contributed by atoms with Gasteiger partial charge in [-0.3, -0.25) is 4.79 Å². The van der Waals surface area contributed by atoms with Crippen LogP contribution in [0, 0.1) is 0 Å². The number of rotatable bonds is 4. The number of hydrogen-bond acceptors (Lipinski definition) is 3. The van der Waals surface area contributed by atoms with Crippen LogP contribution in [0.2, 0.25) is 0 Å². The van der Waals surface area contributed by atoms with E-state index in [2.05, 4.69) is 4.98 Å². The van der Waals surface area contributed by atoms with E-state index >= 15 is 0 Å². The molecule has 0 unspecified atom stereocenters. The van der Waals surface area contributed by atoms with Crippen molar-refractivity contribution >= 4 is 11.7 Å². The summed E-state index contributed by atoms with van der Waals surface area (Å²) in [5, 5.41) is 1.59. The predicted octanol–water partition coefficient (Wildman–Crippen LogP) is 1.38. The maximum Gasteiger partial charge on any atom is 0.383 e. The molecule has 0 saturated carbocycles. The molecule has 1 heterocycles. The summed E-state index contributed by atoms with van der Waals surface area (Å²) in [6, 6.07) is 2.63. The zero-order valence-electron chi connectivity index (χ0n) is 8.46. The molecule has 1 aromatic heterocycles. The second kappa shape index (κ2) is 5.09. The standard InChI is InChI=1S/C9H9F4N3O/c10-7(11)9(12,13)8(17)16-6-2-1-5(3-14)4-15-6/h1-2,4,7H,3,14H2,(H,15,16,17). The molecule has 0 bridgehead atoms. The van der Waals surface area contributed by atoms with E-state index in [9.17, 15) is 22.4 Å². The van der Waals surface area contributed by atoms with Crippen molar-refractivity contribution in [2.45, 2.75) is 18.9 Å². The molecule has 0 saturated heterocycles. The molecule has 0 aliphatic carbocycles. The van der Waals surface area contributed by atoms with Crippen LogP contribution in [-0.2, 0) is 11.3 Å². The third-order valence-electron chi connectivity index (χ3n) is 1.88. The average molecular weight is 251 g/mol. The van der Waals surface area contributed by atoms with E-state index in [1.165, 1.54) is 18.3 Å². The van der Waals surface area contributed by atoms with Gasteiger partial charge in [0.2, 0.25) is 0 Å². The maximum atomic E-state index is 12.6. The number of aromatic nitrogens is 1. The third-order valence-corrected chi connectivity index (χ3v) is 1.88. The number of carbonyl (C=O) groups excluding carboxylic acids is 1. The number of carbonyl (C=O) groups is 1. The predicted molar refractivity (Wildman–Crippen MR) is 51.7 cm³/mol. The summed E-state index contributed by atoms with van der Waals surface area (Å²) in [4.78, 5) is 14.4. The number of nitrogens with two attached hydrogens (primary N) is 1. The Morgan fingerprint density at radius 2 is 2.12 bits per heavy atom. The highest BCUT2D eigenvalue weighted by atomic mass is 19.3. The van der Waals surface area contributed by atoms with E-state index in [-0.39, 0.29) is 12.4 Å². The number of alkyl halides is 4. The summed E-state index contributed by atoms with van der Waals surface area (Å²) in [7, 11) is 0. The molecule has 17 heavy (non-hydrogen) atoms. The van der Waals surface area contributed by atoms with Crippen LogP contribution in [0.1, 0.15) is 5.56 Å². The number of halogens is 4. The topological polar surface area (TPSA) is 68.0 Å². The Morgan fingerprint density at radius 3 is 2.53 bits per heavy atom. The van der Waals surface area contributed by atoms with Gasteiger partial charge < -0.3 is 11.1 Å². The first-order valence-electron chi connectivity index (χ1n) is 4.50. The van der Waals surface area contributed by atoms with E-state index in [1.807, 2.05) is 0 Å². The van der Waals surface area contributed by atoms with Crippen LogP contribution < -0.4 is 11.1 Å². The van der Waals surface area contributed by atoms with Crippen LogP contribution in [0.25, 0.3) is 0 Å². The second-order valence-electron chi connectivity index (χ2n) is 3.13. The zero-order chi connectivity index (χ0) is 13.1. The number of nitrogens with zero attached hydrogens (tertiary/aromatic N) is 1. The van der Waals surface area contributed by atoms with Gasteiger partial charge in [-0.05, 0) is 11.6 Å². The smallest absolute Gasteiger partial charge is 0.326 e. The first-order chi connectivity index (χ1) is 7.87. The van der Waals surface area contributed by atoms with E-state index < -0.39 is 18.3 Å². The van der Waals surface area contributed by atoms with Gasteiger partial charge in [0, 0.05) is 12.7 Å². The number of amides is 1. The van der Waals surface area contributed by atoms with Crippen molar-refractivity contribution in [3.05, 3.63) is 23.9 Å². The number of hydrogen-bond donors (Lipinski definition) is 2. The molecule has 94 valence electrons.